The molecule has 0 amide bonds. The molecule has 63 heavy (non-hydrogen) atoms. The lowest BCUT2D eigenvalue weighted by molar-refractivity contribution is -0.167. The van der Waals surface area contributed by atoms with E-state index < -0.39 is 6.10 Å². The quantitative estimate of drug-likeness (QED) is 0.0262. The summed E-state index contributed by atoms with van der Waals surface area (Å²) in [5.74, 6) is -0.902. The second-order valence-corrected chi connectivity index (χ2v) is 18.2. The maximum absolute atomic E-state index is 12.8. The molecule has 366 valence electrons. The fourth-order valence-electron chi connectivity index (χ4n) is 7.71. The van der Waals surface area contributed by atoms with Gasteiger partial charge in [-0.25, -0.2) is 0 Å². The molecule has 0 bridgehead atoms. The summed E-state index contributed by atoms with van der Waals surface area (Å²) >= 11 is 0. The van der Waals surface area contributed by atoms with Gasteiger partial charge in [0, 0.05) is 19.3 Å². The van der Waals surface area contributed by atoms with Crippen LogP contribution in [0.1, 0.15) is 278 Å². The lowest BCUT2D eigenvalue weighted by Gasteiger charge is -2.18. The van der Waals surface area contributed by atoms with E-state index in [2.05, 4.69) is 69.4 Å². The van der Waals surface area contributed by atoms with Gasteiger partial charge in [0.05, 0.1) is 0 Å². The van der Waals surface area contributed by atoms with Crippen LogP contribution in [0.25, 0.3) is 0 Å². The van der Waals surface area contributed by atoms with Crippen molar-refractivity contribution in [1.29, 1.82) is 0 Å². The predicted octanol–water partition coefficient (Wildman–Crippen LogP) is 17.9. The molecule has 1 unspecified atom stereocenters. The van der Waals surface area contributed by atoms with Gasteiger partial charge >= 0.3 is 17.9 Å². The number of hydrogen-bond donors (Lipinski definition) is 0. The Bertz CT molecular complexity index is 1110. The van der Waals surface area contributed by atoms with Crippen LogP contribution in [-0.4, -0.2) is 37.2 Å². The molecule has 0 aliphatic heterocycles. The van der Waals surface area contributed by atoms with Crippen LogP contribution < -0.4 is 0 Å². The van der Waals surface area contributed by atoms with Crippen molar-refractivity contribution < 1.29 is 28.6 Å². The Balaban J connectivity index is 4.33. The van der Waals surface area contributed by atoms with Gasteiger partial charge in [0.25, 0.3) is 0 Å². The summed E-state index contributed by atoms with van der Waals surface area (Å²) in [6.45, 7) is 6.56. The van der Waals surface area contributed by atoms with Crippen molar-refractivity contribution in [1.82, 2.24) is 0 Å². The molecule has 0 heterocycles. The average molecular weight is 883 g/mol. The molecule has 0 N–H and O–H groups in total. The number of allylic oxidation sites excluding steroid dienone is 8. The second kappa shape index (κ2) is 52.0. The van der Waals surface area contributed by atoms with Crippen molar-refractivity contribution in [2.45, 2.75) is 284 Å². The minimum Gasteiger partial charge on any atom is -0.462 e. The molecule has 1 atom stereocenters. The summed E-state index contributed by atoms with van der Waals surface area (Å²) < 4.78 is 16.8. The highest BCUT2D eigenvalue weighted by atomic mass is 16.6. The molecule has 0 rings (SSSR count). The molecule has 0 spiro atoms. The van der Waals surface area contributed by atoms with E-state index in [1.807, 2.05) is 0 Å². The fourth-order valence-corrected chi connectivity index (χ4v) is 7.71. The van der Waals surface area contributed by atoms with Crippen LogP contribution in [0, 0.1) is 0 Å². The summed E-state index contributed by atoms with van der Waals surface area (Å²) in [6.07, 6.45) is 62.4. The van der Waals surface area contributed by atoms with Gasteiger partial charge in [-0.1, -0.05) is 243 Å². The molecule has 0 saturated heterocycles. The Kier molecular flexibility index (Phi) is 49.8. The van der Waals surface area contributed by atoms with Crippen molar-refractivity contribution in [3.63, 3.8) is 0 Å². The second-order valence-electron chi connectivity index (χ2n) is 18.2. The van der Waals surface area contributed by atoms with Crippen LogP contribution in [0.4, 0.5) is 0 Å². The zero-order valence-electron chi connectivity index (χ0n) is 41.8. The maximum atomic E-state index is 12.8. The molecule has 6 nitrogen and oxygen atoms in total. The van der Waals surface area contributed by atoms with E-state index in [1.54, 1.807) is 0 Å². The van der Waals surface area contributed by atoms with Gasteiger partial charge < -0.3 is 14.2 Å². The first-order valence-electron chi connectivity index (χ1n) is 27.2. The van der Waals surface area contributed by atoms with Crippen LogP contribution in [0.3, 0.4) is 0 Å². The zero-order chi connectivity index (χ0) is 45.8. The molecule has 0 aliphatic carbocycles. The molecule has 0 aromatic rings. The number of carbonyl (C=O) groups is 3. The first-order chi connectivity index (χ1) is 31.0. The van der Waals surface area contributed by atoms with Gasteiger partial charge in [0.2, 0.25) is 0 Å². The monoisotopic (exact) mass is 883 g/mol. The van der Waals surface area contributed by atoms with Crippen molar-refractivity contribution in [3.8, 4) is 0 Å². The van der Waals surface area contributed by atoms with Gasteiger partial charge in [-0.3, -0.25) is 14.4 Å². The third kappa shape index (κ3) is 50.2. The molecule has 0 fully saturated rings. The number of esters is 3. The van der Waals surface area contributed by atoms with Crippen LogP contribution in [-0.2, 0) is 28.6 Å². The van der Waals surface area contributed by atoms with Gasteiger partial charge in [-0.05, 0) is 64.2 Å². The van der Waals surface area contributed by atoms with Gasteiger partial charge in [-0.2, -0.15) is 0 Å². The third-order valence-electron chi connectivity index (χ3n) is 11.9. The number of rotatable bonds is 49. The minimum atomic E-state index is -0.781. The van der Waals surface area contributed by atoms with E-state index in [4.69, 9.17) is 14.2 Å². The standard InChI is InChI=1S/C57H102O6/c1-4-7-10-13-16-19-22-24-26-27-28-29-31-32-35-38-41-44-47-50-56(59)62-53-54(52-61-55(58)49-46-43-40-37-34-21-18-15-12-9-6-3)63-57(60)51-48-45-42-39-36-33-30-25-23-20-17-14-11-8-5-2/h15-16,18-19,21-22,24,34,54H,4-14,17,20,23,25-33,35-53H2,1-3H3/b18-15-,19-16-,24-22-,34-21-. The molecule has 6 heteroatoms. The highest BCUT2D eigenvalue weighted by Gasteiger charge is 2.19. The Morgan fingerprint density at radius 1 is 0.317 bits per heavy atom. The lowest BCUT2D eigenvalue weighted by Crippen LogP contribution is -2.30. The Morgan fingerprint density at radius 3 is 0.937 bits per heavy atom. The smallest absolute Gasteiger partial charge is 0.306 e. The highest BCUT2D eigenvalue weighted by Crippen LogP contribution is 2.16. The van der Waals surface area contributed by atoms with Gasteiger partial charge in [0.1, 0.15) is 13.2 Å². The van der Waals surface area contributed by atoms with Gasteiger partial charge in [-0.15, -0.1) is 0 Å². The largest absolute Gasteiger partial charge is 0.462 e. The van der Waals surface area contributed by atoms with E-state index >= 15 is 0 Å². The lowest BCUT2D eigenvalue weighted by atomic mass is 10.0. The maximum Gasteiger partial charge on any atom is 0.306 e. The number of ether oxygens (including phenoxy) is 3. The topological polar surface area (TPSA) is 78.9 Å². The minimum absolute atomic E-state index is 0.0810. The predicted molar refractivity (Wildman–Crippen MR) is 270 cm³/mol. The molecular weight excluding hydrogens is 781 g/mol. The highest BCUT2D eigenvalue weighted by molar-refractivity contribution is 5.71. The zero-order valence-corrected chi connectivity index (χ0v) is 41.8. The number of hydrogen-bond acceptors (Lipinski definition) is 6. The summed E-state index contributed by atoms with van der Waals surface area (Å²) in [7, 11) is 0. The van der Waals surface area contributed by atoms with Crippen LogP contribution in [0.5, 0.6) is 0 Å². The SMILES string of the molecule is CCCC/C=C\C=C/CCCCCC(=O)OCC(COC(=O)CCCCCCCCCCCC/C=C\C=C/CCCCC)OC(=O)CCCCCCCCCCCCCCCCC. The Morgan fingerprint density at radius 2 is 0.571 bits per heavy atom. The Hall–Kier alpha value is -2.63. The molecule has 0 aliphatic rings. The molecular formula is C57H102O6. The first kappa shape index (κ1) is 60.4. The molecule has 0 saturated carbocycles. The van der Waals surface area contributed by atoms with Crippen molar-refractivity contribution in [2.75, 3.05) is 13.2 Å². The Labute approximate surface area is 390 Å². The van der Waals surface area contributed by atoms with E-state index in [0.717, 1.165) is 70.6 Å². The summed E-state index contributed by atoms with van der Waals surface area (Å²) in [5.41, 5.74) is 0. The van der Waals surface area contributed by atoms with Gasteiger partial charge in [0.15, 0.2) is 6.10 Å². The first-order valence-corrected chi connectivity index (χ1v) is 27.2. The normalized spacial score (nSPS) is 12.4. The van der Waals surface area contributed by atoms with E-state index in [0.29, 0.717) is 19.3 Å². The van der Waals surface area contributed by atoms with Crippen LogP contribution >= 0.6 is 0 Å². The molecule has 0 aromatic heterocycles. The average Bonchev–Trinajstić information content (AvgIpc) is 3.28. The number of carbonyl (C=O) groups excluding carboxylic acids is 3. The molecule has 0 radical (unpaired) electrons. The van der Waals surface area contributed by atoms with Crippen molar-refractivity contribution in [3.05, 3.63) is 48.6 Å². The third-order valence-corrected chi connectivity index (χ3v) is 11.9. The summed E-state index contributed by atoms with van der Waals surface area (Å²) in [5, 5.41) is 0. The molecule has 0 aromatic carbocycles. The summed E-state index contributed by atoms with van der Waals surface area (Å²) in [4.78, 5) is 38.0. The van der Waals surface area contributed by atoms with Crippen LogP contribution in [0.2, 0.25) is 0 Å². The summed E-state index contributed by atoms with van der Waals surface area (Å²) in [6, 6.07) is 0. The van der Waals surface area contributed by atoms with E-state index in [1.165, 1.54) is 167 Å². The van der Waals surface area contributed by atoms with Crippen LogP contribution in [0.15, 0.2) is 48.6 Å². The van der Waals surface area contributed by atoms with Crippen molar-refractivity contribution >= 4 is 17.9 Å². The van der Waals surface area contributed by atoms with E-state index in [-0.39, 0.29) is 31.1 Å². The van der Waals surface area contributed by atoms with E-state index in [9.17, 15) is 14.4 Å². The number of unbranched alkanes of at least 4 members (excludes halogenated alkanes) is 32. The fraction of sp³-hybridized carbons (Fsp3) is 0.807. The van der Waals surface area contributed by atoms with Crippen molar-refractivity contribution in [2.24, 2.45) is 0 Å².